The van der Waals surface area contributed by atoms with E-state index in [-0.39, 0.29) is 5.91 Å². The molecule has 1 saturated heterocycles. The lowest BCUT2D eigenvalue weighted by atomic mass is 10.0. The molecule has 4 nitrogen and oxygen atoms in total. The molecule has 1 aromatic heterocycles. The molecule has 0 atom stereocenters. The van der Waals surface area contributed by atoms with Crippen molar-refractivity contribution in [3.8, 4) is 0 Å². The minimum atomic E-state index is -0.366. The number of aryl methyl sites for hydroxylation is 2. The molecule has 23 heavy (non-hydrogen) atoms. The molecule has 0 bridgehead atoms. The Labute approximate surface area is 137 Å². The fourth-order valence-electron chi connectivity index (χ4n) is 3.62. The normalized spacial score (nSPS) is 16.6. The van der Waals surface area contributed by atoms with Gasteiger partial charge in [-0.25, -0.2) is 0 Å². The number of nitrogens with zero attached hydrogens (tertiary/aromatic N) is 2. The lowest BCUT2D eigenvalue weighted by Crippen LogP contribution is -2.34. The molecule has 2 aromatic rings. The Morgan fingerprint density at radius 3 is 2.13 bits per heavy atom. The molecule has 2 N–H and O–H groups in total. The highest BCUT2D eigenvalue weighted by molar-refractivity contribution is 5.92. The molecule has 1 amide bonds. The van der Waals surface area contributed by atoms with Gasteiger partial charge in [-0.2, -0.15) is 0 Å². The van der Waals surface area contributed by atoms with Crippen LogP contribution in [0, 0.1) is 13.8 Å². The lowest BCUT2D eigenvalue weighted by Gasteiger charge is -2.34. The molecule has 0 spiro atoms. The second kappa shape index (κ2) is 6.59. The third-order valence-electron chi connectivity index (χ3n) is 4.89. The van der Waals surface area contributed by atoms with Crippen molar-refractivity contribution in [2.24, 2.45) is 5.73 Å². The van der Waals surface area contributed by atoms with Crippen LogP contribution in [0.3, 0.4) is 0 Å². The van der Waals surface area contributed by atoms with Gasteiger partial charge in [0.15, 0.2) is 0 Å². The van der Waals surface area contributed by atoms with Gasteiger partial charge in [0.2, 0.25) is 5.91 Å². The highest BCUT2D eigenvalue weighted by Gasteiger charge is 2.22. The zero-order chi connectivity index (χ0) is 16.4. The van der Waals surface area contributed by atoms with E-state index < -0.39 is 0 Å². The Kier molecular flexibility index (Phi) is 4.53. The summed E-state index contributed by atoms with van der Waals surface area (Å²) in [4.78, 5) is 13.6. The summed E-state index contributed by atoms with van der Waals surface area (Å²) in [5.74, 6) is -0.366. The van der Waals surface area contributed by atoms with Gasteiger partial charge in [0.05, 0.1) is 0 Å². The molecular formula is C19H25N3O. The van der Waals surface area contributed by atoms with Gasteiger partial charge < -0.3 is 10.3 Å². The summed E-state index contributed by atoms with van der Waals surface area (Å²) in [6.45, 7) is 7.55. The van der Waals surface area contributed by atoms with E-state index in [0.29, 0.717) is 11.6 Å². The highest BCUT2D eigenvalue weighted by Crippen LogP contribution is 2.27. The minimum Gasteiger partial charge on any atom is -0.366 e. The van der Waals surface area contributed by atoms with Crippen LogP contribution in [0.1, 0.15) is 46.2 Å². The van der Waals surface area contributed by atoms with Crippen LogP contribution in [-0.4, -0.2) is 28.5 Å². The zero-order valence-corrected chi connectivity index (χ0v) is 14.0. The zero-order valence-electron chi connectivity index (χ0n) is 14.0. The summed E-state index contributed by atoms with van der Waals surface area (Å²) in [5.41, 5.74) is 9.82. The summed E-state index contributed by atoms with van der Waals surface area (Å²) in [6, 6.07) is 12.7. The first-order valence-electron chi connectivity index (χ1n) is 8.30. The Bertz CT molecular complexity index is 660. The standard InChI is InChI=1S/C19H25N3O/c1-14-3-4-15(2)22(14)18-9-11-21(12-10-18)13-16-5-7-17(8-6-16)19(20)23/h3-8,18H,9-13H2,1-2H3,(H2,20,23). The predicted octanol–water partition coefficient (Wildman–Crippen LogP) is 3.04. The summed E-state index contributed by atoms with van der Waals surface area (Å²) in [7, 11) is 0. The maximum absolute atomic E-state index is 11.1. The second-order valence-electron chi connectivity index (χ2n) is 6.55. The maximum atomic E-state index is 11.1. The molecule has 122 valence electrons. The van der Waals surface area contributed by atoms with Crippen molar-refractivity contribution in [3.63, 3.8) is 0 Å². The van der Waals surface area contributed by atoms with Gasteiger partial charge in [-0.15, -0.1) is 0 Å². The quantitative estimate of drug-likeness (QED) is 0.943. The summed E-state index contributed by atoms with van der Waals surface area (Å²) < 4.78 is 2.49. The Morgan fingerprint density at radius 1 is 1.04 bits per heavy atom. The fourth-order valence-corrected chi connectivity index (χ4v) is 3.62. The maximum Gasteiger partial charge on any atom is 0.248 e. The van der Waals surface area contributed by atoms with Gasteiger partial charge in [0, 0.05) is 42.6 Å². The van der Waals surface area contributed by atoms with Crippen LogP contribution in [-0.2, 0) is 6.54 Å². The number of amides is 1. The van der Waals surface area contributed by atoms with Crippen molar-refractivity contribution in [3.05, 3.63) is 58.9 Å². The monoisotopic (exact) mass is 311 g/mol. The van der Waals surface area contributed by atoms with Gasteiger partial charge in [-0.3, -0.25) is 9.69 Å². The van der Waals surface area contributed by atoms with E-state index >= 15 is 0 Å². The number of hydrogen-bond acceptors (Lipinski definition) is 2. The van der Waals surface area contributed by atoms with Gasteiger partial charge in [0.1, 0.15) is 0 Å². The fraction of sp³-hybridized carbons (Fsp3) is 0.421. The second-order valence-corrected chi connectivity index (χ2v) is 6.55. The molecule has 1 aliphatic heterocycles. The number of aromatic nitrogens is 1. The molecule has 0 aliphatic carbocycles. The molecule has 0 radical (unpaired) electrons. The van der Waals surface area contributed by atoms with E-state index in [1.807, 2.05) is 24.3 Å². The van der Waals surface area contributed by atoms with Gasteiger partial charge in [-0.1, -0.05) is 12.1 Å². The van der Waals surface area contributed by atoms with Crippen LogP contribution in [0.2, 0.25) is 0 Å². The molecule has 1 aromatic carbocycles. The van der Waals surface area contributed by atoms with E-state index in [0.717, 1.165) is 19.6 Å². The molecule has 1 fully saturated rings. The number of benzene rings is 1. The van der Waals surface area contributed by atoms with Crippen LogP contribution in [0.15, 0.2) is 36.4 Å². The summed E-state index contributed by atoms with van der Waals surface area (Å²) in [5, 5.41) is 0. The largest absolute Gasteiger partial charge is 0.366 e. The van der Waals surface area contributed by atoms with Crippen molar-refractivity contribution in [1.29, 1.82) is 0 Å². The average Bonchev–Trinajstić information content (AvgIpc) is 2.88. The first-order chi connectivity index (χ1) is 11.0. The third kappa shape index (κ3) is 3.48. The molecule has 2 heterocycles. The van der Waals surface area contributed by atoms with E-state index in [1.54, 1.807) is 0 Å². The molecule has 0 unspecified atom stereocenters. The molecule has 1 aliphatic rings. The van der Waals surface area contributed by atoms with Crippen molar-refractivity contribution < 1.29 is 4.79 Å². The number of carbonyl (C=O) groups is 1. The van der Waals surface area contributed by atoms with Crippen molar-refractivity contribution >= 4 is 5.91 Å². The van der Waals surface area contributed by atoms with Gasteiger partial charge >= 0.3 is 0 Å². The van der Waals surface area contributed by atoms with E-state index in [1.165, 1.54) is 29.8 Å². The van der Waals surface area contributed by atoms with Crippen LogP contribution >= 0.6 is 0 Å². The number of carbonyl (C=O) groups excluding carboxylic acids is 1. The van der Waals surface area contributed by atoms with E-state index in [4.69, 9.17) is 5.73 Å². The Balaban J connectivity index is 1.58. The molecule has 4 heteroatoms. The number of likely N-dealkylation sites (tertiary alicyclic amines) is 1. The van der Waals surface area contributed by atoms with Crippen LogP contribution < -0.4 is 5.73 Å². The number of rotatable bonds is 4. The van der Waals surface area contributed by atoms with E-state index in [9.17, 15) is 4.79 Å². The minimum absolute atomic E-state index is 0.366. The smallest absolute Gasteiger partial charge is 0.248 e. The number of nitrogens with two attached hydrogens (primary N) is 1. The first-order valence-corrected chi connectivity index (χ1v) is 8.30. The molecule has 0 saturated carbocycles. The van der Waals surface area contributed by atoms with Crippen molar-refractivity contribution in [2.75, 3.05) is 13.1 Å². The molecular weight excluding hydrogens is 286 g/mol. The Morgan fingerprint density at radius 2 is 1.61 bits per heavy atom. The van der Waals surface area contributed by atoms with Crippen LogP contribution in [0.4, 0.5) is 0 Å². The first kappa shape index (κ1) is 15.8. The predicted molar refractivity (Wildman–Crippen MR) is 92.4 cm³/mol. The van der Waals surface area contributed by atoms with Crippen molar-refractivity contribution in [2.45, 2.75) is 39.3 Å². The number of hydrogen-bond donors (Lipinski definition) is 1. The highest BCUT2D eigenvalue weighted by atomic mass is 16.1. The van der Waals surface area contributed by atoms with Crippen LogP contribution in [0.25, 0.3) is 0 Å². The molecule has 3 rings (SSSR count). The third-order valence-corrected chi connectivity index (χ3v) is 4.89. The SMILES string of the molecule is Cc1ccc(C)n1C1CCN(Cc2ccc(C(N)=O)cc2)CC1. The summed E-state index contributed by atoms with van der Waals surface area (Å²) >= 11 is 0. The lowest BCUT2D eigenvalue weighted by molar-refractivity contribution is 0.1000. The average molecular weight is 311 g/mol. The topological polar surface area (TPSA) is 51.3 Å². The summed E-state index contributed by atoms with van der Waals surface area (Å²) in [6.07, 6.45) is 2.38. The Hall–Kier alpha value is -2.07. The van der Waals surface area contributed by atoms with Gasteiger partial charge in [-0.05, 0) is 56.5 Å². The van der Waals surface area contributed by atoms with Gasteiger partial charge in [0.25, 0.3) is 0 Å². The van der Waals surface area contributed by atoms with Crippen LogP contribution in [0.5, 0.6) is 0 Å². The number of primary amides is 1. The van der Waals surface area contributed by atoms with Crippen molar-refractivity contribution in [1.82, 2.24) is 9.47 Å². The van der Waals surface area contributed by atoms with E-state index in [2.05, 4.69) is 35.4 Å². The number of piperidine rings is 1.